The molecular weight excluding hydrogens is 550 g/mol. The molecule has 5 rings (SSSR count). The van der Waals surface area contributed by atoms with Gasteiger partial charge in [-0.2, -0.15) is 0 Å². The zero-order valence-electron chi connectivity index (χ0n) is 24.8. The predicted octanol–water partition coefficient (Wildman–Crippen LogP) is 5.19. The van der Waals surface area contributed by atoms with Crippen LogP contribution in [0.1, 0.15) is 32.3 Å². The number of imidazole rings is 1. The minimum atomic E-state index is -0.349. The molecule has 1 aliphatic rings. The average Bonchev–Trinajstić information content (AvgIpc) is 3.38. The molecule has 2 aromatic carbocycles. The highest BCUT2D eigenvalue weighted by molar-refractivity contribution is 6.34. The smallest absolute Gasteiger partial charge is 0.258 e. The Hall–Kier alpha value is -3.66. The van der Waals surface area contributed by atoms with E-state index in [4.69, 9.17) is 21.3 Å². The topological polar surface area (TPSA) is 98.4 Å². The molecule has 1 fully saturated rings. The number of nitrogens with one attached hydrogen (secondary N) is 3. The van der Waals surface area contributed by atoms with Crippen molar-refractivity contribution in [2.24, 2.45) is 0 Å². The van der Waals surface area contributed by atoms with Crippen molar-refractivity contribution >= 4 is 34.4 Å². The van der Waals surface area contributed by atoms with Crippen LogP contribution in [0, 0.1) is 0 Å². The number of fused-ring (bicyclic) bond motifs is 1. The SMILES string of the molecule is CN(C)CC(C)(C)NC(=O)COc1ccc(-c2nc3c(NC4CCCN(Cc5ccccc5)C4)c(Cl)cnc3[nH]2)cc1. The van der Waals surface area contributed by atoms with Crippen LogP contribution in [0.2, 0.25) is 5.02 Å². The number of nitrogens with zero attached hydrogens (tertiary/aromatic N) is 4. The Morgan fingerprint density at radius 1 is 1.17 bits per heavy atom. The molecular formula is C32H40ClN7O2. The molecule has 3 heterocycles. The van der Waals surface area contributed by atoms with E-state index >= 15 is 0 Å². The second-order valence-corrected chi connectivity index (χ2v) is 12.4. The molecule has 9 nitrogen and oxygen atoms in total. The average molecular weight is 590 g/mol. The number of benzene rings is 2. The number of aromatic nitrogens is 3. The molecule has 1 amide bonds. The van der Waals surface area contributed by atoms with E-state index in [1.165, 1.54) is 5.56 Å². The number of amides is 1. The van der Waals surface area contributed by atoms with Crippen LogP contribution in [0.4, 0.5) is 5.69 Å². The van der Waals surface area contributed by atoms with Crippen LogP contribution in [0.15, 0.2) is 60.8 Å². The summed E-state index contributed by atoms with van der Waals surface area (Å²) in [4.78, 5) is 29.6. The Morgan fingerprint density at radius 3 is 2.67 bits per heavy atom. The summed E-state index contributed by atoms with van der Waals surface area (Å²) in [6.45, 7) is 7.61. The van der Waals surface area contributed by atoms with Gasteiger partial charge in [-0.15, -0.1) is 0 Å². The number of ether oxygens (including phenoxy) is 1. The molecule has 42 heavy (non-hydrogen) atoms. The maximum absolute atomic E-state index is 12.4. The monoisotopic (exact) mass is 589 g/mol. The van der Waals surface area contributed by atoms with Gasteiger partial charge in [0.2, 0.25) is 0 Å². The highest BCUT2D eigenvalue weighted by Crippen LogP contribution is 2.32. The van der Waals surface area contributed by atoms with Crippen LogP contribution in [-0.2, 0) is 11.3 Å². The molecule has 0 spiro atoms. The van der Waals surface area contributed by atoms with Gasteiger partial charge in [0.1, 0.15) is 17.1 Å². The lowest BCUT2D eigenvalue weighted by Crippen LogP contribution is -2.51. The largest absolute Gasteiger partial charge is 0.484 e. The Balaban J connectivity index is 1.23. The standard InChI is InChI=1S/C32H40ClN7O2/c1-32(2,21-39(3)4)38-27(41)20-42-25-14-12-23(13-15-25)30-36-29-28(26(33)17-34-31(29)37-30)35-24-11-8-16-40(19-24)18-22-9-6-5-7-10-22/h5-7,9-10,12-15,17,24H,8,11,16,18-21H2,1-4H3,(H,38,41)(H2,34,35,36,37). The Kier molecular flexibility index (Phi) is 9.30. The van der Waals surface area contributed by atoms with Crippen molar-refractivity contribution in [3.05, 3.63) is 71.4 Å². The van der Waals surface area contributed by atoms with Crippen LogP contribution < -0.4 is 15.4 Å². The van der Waals surface area contributed by atoms with E-state index in [2.05, 4.69) is 55.8 Å². The maximum atomic E-state index is 12.4. The third kappa shape index (κ3) is 7.79. The van der Waals surface area contributed by atoms with Gasteiger partial charge in [-0.25, -0.2) is 9.97 Å². The Morgan fingerprint density at radius 2 is 1.93 bits per heavy atom. The molecule has 0 saturated carbocycles. The lowest BCUT2D eigenvalue weighted by Gasteiger charge is -2.33. The molecule has 1 atom stereocenters. The quantitative estimate of drug-likeness (QED) is 0.221. The first-order valence-electron chi connectivity index (χ1n) is 14.4. The summed E-state index contributed by atoms with van der Waals surface area (Å²) in [7, 11) is 3.96. The first kappa shape index (κ1) is 29.8. The third-order valence-corrected chi connectivity index (χ3v) is 7.54. The van der Waals surface area contributed by atoms with Crippen molar-refractivity contribution in [2.45, 2.75) is 44.8 Å². The van der Waals surface area contributed by atoms with Gasteiger partial charge in [0.15, 0.2) is 12.3 Å². The second kappa shape index (κ2) is 13.1. The van der Waals surface area contributed by atoms with Gasteiger partial charge in [0, 0.05) is 36.8 Å². The number of halogens is 1. The number of likely N-dealkylation sites (tertiary alicyclic amines) is 1. The van der Waals surface area contributed by atoms with E-state index in [9.17, 15) is 4.79 Å². The maximum Gasteiger partial charge on any atom is 0.258 e. The number of hydrogen-bond acceptors (Lipinski definition) is 7. The fourth-order valence-electron chi connectivity index (χ4n) is 5.67. The van der Waals surface area contributed by atoms with Crippen molar-refractivity contribution in [3.63, 3.8) is 0 Å². The van der Waals surface area contributed by atoms with Gasteiger partial charge in [-0.3, -0.25) is 9.69 Å². The summed E-state index contributed by atoms with van der Waals surface area (Å²) in [5.41, 5.74) is 4.05. The Labute approximate surface area is 252 Å². The summed E-state index contributed by atoms with van der Waals surface area (Å²) in [6, 6.07) is 18.3. The lowest BCUT2D eigenvalue weighted by molar-refractivity contribution is -0.124. The van der Waals surface area contributed by atoms with Crippen molar-refractivity contribution in [2.75, 3.05) is 45.7 Å². The van der Waals surface area contributed by atoms with Crippen LogP contribution in [0.5, 0.6) is 5.75 Å². The number of rotatable bonds is 11. The summed E-state index contributed by atoms with van der Waals surface area (Å²) in [5.74, 6) is 1.13. The van der Waals surface area contributed by atoms with Crippen molar-refractivity contribution in [3.8, 4) is 17.1 Å². The molecule has 0 radical (unpaired) electrons. The normalized spacial score (nSPS) is 16.1. The van der Waals surface area contributed by atoms with E-state index in [-0.39, 0.29) is 24.1 Å². The number of anilines is 1. The van der Waals surface area contributed by atoms with Crippen LogP contribution >= 0.6 is 11.6 Å². The van der Waals surface area contributed by atoms with E-state index in [0.29, 0.717) is 22.2 Å². The fourth-order valence-corrected chi connectivity index (χ4v) is 5.86. The minimum absolute atomic E-state index is 0.0533. The second-order valence-electron chi connectivity index (χ2n) is 12.0. The zero-order valence-corrected chi connectivity index (χ0v) is 25.5. The molecule has 4 aromatic rings. The molecule has 0 bridgehead atoms. The van der Waals surface area contributed by atoms with Crippen molar-refractivity contribution in [1.82, 2.24) is 30.1 Å². The zero-order chi connectivity index (χ0) is 29.7. The van der Waals surface area contributed by atoms with E-state index in [0.717, 1.165) is 55.8 Å². The molecule has 222 valence electrons. The number of carbonyl (C=O) groups is 1. The van der Waals surface area contributed by atoms with Gasteiger partial charge in [-0.1, -0.05) is 41.9 Å². The number of H-pyrrole nitrogens is 1. The lowest BCUT2D eigenvalue weighted by atomic mass is 10.0. The fraction of sp³-hybridized carbons (Fsp3) is 0.406. The molecule has 2 aromatic heterocycles. The first-order valence-corrected chi connectivity index (χ1v) is 14.8. The van der Waals surface area contributed by atoms with Crippen LogP contribution in [-0.4, -0.2) is 82.6 Å². The third-order valence-electron chi connectivity index (χ3n) is 7.26. The van der Waals surface area contributed by atoms with Crippen molar-refractivity contribution in [1.29, 1.82) is 0 Å². The predicted molar refractivity (Wildman–Crippen MR) is 169 cm³/mol. The minimum Gasteiger partial charge on any atom is -0.484 e. The van der Waals surface area contributed by atoms with E-state index in [1.54, 1.807) is 6.20 Å². The summed E-state index contributed by atoms with van der Waals surface area (Å²) < 4.78 is 5.73. The first-order chi connectivity index (χ1) is 20.1. The van der Waals surface area contributed by atoms with Crippen molar-refractivity contribution < 1.29 is 9.53 Å². The molecule has 10 heteroatoms. The van der Waals surface area contributed by atoms with Crippen LogP contribution in [0.25, 0.3) is 22.6 Å². The molecule has 1 saturated heterocycles. The number of hydrogen-bond donors (Lipinski definition) is 3. The van der Waals surface area contributed by atoms with Gasteiger partial charge in [-0.05, 0) is 77.2 Å². The number of likely N-dealkylation sites (N-methyl/N-ethyl adjacent to an activating group) is 1. The highest BCUT2D eigenvalue weighted by Gasteiger charge is 2.23. The van der Waals surface area contributed by atoms with Crippen LogP contribution in [0.3, 0.4) is 0 Å². The summed E-state index contributed by atoms with van der Waals surface area (Å²) in [6.07, 6.45) is 3.85. The van der Waals surface area contributed by atoms with Gasteiger partial charge in [0.05, 0.1) is 16.9 Å². The highest BCUT2D eigenvalue weighted by atomic mass is 35.5. The summed E-state index contributed by atoms with van der Waals surface area (Å²) >= 11 is 6.65. The van der Waals surface area contributed by atoms with E-state index in [1.807, 2.05) is 57.1 Å². The molecule has 0 aliphatic carbocycles. The number of aromatic amines is 1. The number of carbonyl (C=O) groups excluding carboxylic acids is 1. The van der Waals surface area contributed by atoms with Gasteiger partial charge >= 0.3 is 0 Å². The summed E-state index contributed by atoms with van der Waals surface area (Å²) in [5, 5.41) is 7.25. The number of pyridine rings is 1. The number of piperidine rings is 1. The molecule has 1 aliphatic heterocycles. The van der Waals surface area contributed by atoms with Gasteiger partial charge in [0.25, 0.3) is 5.91 Å². The van der Waals surface area contributed by atoms with E-state index < -0.39 is 0 Å². The van der Waals surface area contributed by atoms with Gasteiger partial charge < -0.3 is 25.3 Å². The molecule has 1 unspecified atom stereocenters. The molecule has 3 N–H and O–H groups in total. The Bertz CT molecular complexity index is 1490.